The third-order valence-corrected chi connectivity index (χ3v) is 4.08. The maximum absolute atomic E-state index is 13.8. The van der Waals surface area contributed by atoms with Crippen molar-refractivity contribution in [3.8, 4) is 0 Å². The highest BCUT2D eigenvalue weighted by Crippen LogP contribution is 2.42. The van der Waals surface area contributed by atoms with E-state index in [1.165, 1.54) is 30.3 Å². The second kappa shape index (κ2) is 6.95. The van der Waals surface area contributed by atoms with Gasteiger partial charge in [0.2, 0.25) is 0 Å². The Bertz CT molecular complexity index is 723. The van der Waals surface area contributed by atoms with E-state index in [0.717, 1.165) is 5.56 Å². The lowest BCUT2D eigenvalue weighted by Gasteiger charge is -2.12. The second-order valence-electron chi connectivity index (χ2n) is 5.78. The molecule has 0 aliphatic heterocycles. The Kier molecular flexibility index (Phi) is 4.74. The molecule has 0 spiro atoms. The number of benzene rings is 2. The lowest BCUT2D eigenvalue weighted by molar-refractivity contribution is 0.553. The number of rotatable bonds is 4. The molecule has 0 aromatic heterocycles. The first-order valence-corrected chi connectivity index (χ1v) is 7.74. The smallest absolute Gasteiger partial charge is 0.191 e. The van der Waals surface area contributed by atoms with Crippen LogP contribution in [0.1, 0.15) is 23.5 Å². The average molecular weight is 333 g/mol. The number of nitrogens with zero attached hydrogens (tertiary/aromatic N) is 1. The maximum Gasteiger partial charge on any atom is 0.191 e. The summed E-state index contributed by atoms with van der Waals surface area (Å²) >= 11 is 0. The van der Waals surface area contributed by atoms with Crippen molar-refractivity contribution in [2.45, 2.75) is 24.9 Å². The fourth-order valence-corrected chi connectivity index (χ4v) is 2.70. The van der Waals surface area contributed by atoms with Crippen LogP contribution in [0.4, 0.5) is 13.2 Å². The molecule has 2 N–H and O–H groups in total. The average Bonchev–Trinajstić information content (AvgIpc) is 3.31. The third-order valence-electron chi connectivity index (χ3n) is 4.08. The maximum atomic E-state index is 13.8. The SMILES string of the molecule is CN=C(NCc1ccc(F)cc1)NC1CC1c1c(F)cccc1F. The first kappa shape index (κ1) is 16.4. The van der Waals surface area contributed by atoms with E-state index in [-0.39, 0.29) is 23.3 Å². The lowest BCUT2D eigenvalue weighted by Crippen LogP contribution is -2.38. The van der Waals surface area contributed by atoms with E-state index in [1.807, 2.05) is 0 Å². The van der Waals surface area contributed by atoms with Crippen LogP contribution in [-0.4, -0.2) is 19.0 Å². The fourth-order valence-electron chi connectivity index (χ4n) is 2.70. The molecule has 1 fully saturated rings. The molecule has 0 radical (unpaired) electrons. The largest absolute Gasteiger partial charge is 0.353 e. The molecular formula is C18H18F3N3. The summed E-state index contributed by atoms with van der Waals surface area (Å²) in [4.78, 5) is 4.11. The molecule has 6 heteroatoms. The predicted molar refractivity (Wildman–Crippen MR) is 87.2 cm³/mol. The van der Waals surface area contributed by atoms with Gasteiger partial charge in [-0.3, -0.25) is 4.99 Å². The molecule has 1 saturated carbocycles. The predicted octanol–water partition coefficient (Wildman–Crippen LogP) is 3.33. The van der Waals surface area contributed by atoms with Gasteiger partial charge in [0.1, 0.15) is 17.5 Å². The zero-order valence-corrected chi connectivity index (χ0v) is 13.2. The molecule has 2 atom stereocenters. The van der Waals surface area contributed by atoms with Gasteiger partial charge >= 0.3 is 0 Å². The van der Waals surface area contributed by atoms with Crippen molar-refractivity contribution >= 4 is 5.96 Å². The van der Waals surface area contributed by atoms with Crippen molar-refractivity contribution < 1.29 is 13.2 Å². The first-order valence-electron chi connectivity index (χ1n) is 7.74. The normalized spacial score (nSPS) is 19.9. The molecule has 0 saturated heterocycles. The number of guanidine groups is 1. The van der Waals surface area contributed by atoms with Crippen LogP contribution in [-0.2, 0) is 6.54 Å². The molecule has 2 aromatic carbocycles. The number of hydrogen-bond donors (Lipinski definition) is 2. The van der Waals surface area contributed by atoms with Crippen molar-refractivity contribution in [2.75, 3.05) is 7.05 Å². The molecular weight excluding hydrogens is 315 g/mol. The topological polar surface area (TPSA) is 36.4 Å². The van der Waals surface area contributed by atoms with E-state index in [1.54, 1.807) is 19.2 Å². The molecule has 0 heterocycles. The van der Waals surface area contributed by atoms with Gasteiger partial charge in [-0.05, 0) is 36.2 Å². The minimum absolute atomic E-state index is 0.0594. The van der Waals surface area contributed by atoms with E-state index in [0.29, 0.717) is 18.9 Å². The van der Waals surface area contributed by atoms with Gasteiger partial charge in [0.05, 0.1) is 0 Å². The minimum Gasteiger partial charge on any atom is -0.353 e. The summed E-state index contributed by atoms with van der Waals surface area (Å²) in [7, 11) is 1.63. The van der Waals surface area contributed by atoms with Crippen molar-refractivity contribution in [3.05, 3.63) is 71.0 Å². The highest BCUT2D eigenvalue weighted by atomic mass is 19.1. The molecule has 0 bridgehead atoms. The van der Waals surface area contributed by atoms with E-state index < -0.39 is 11.6 Å². The van der Waals surface area contributed by atoms with Crippen LogP contribution in [0.3, 0.4) is 0 Å². The quantitative estimate of drug-likeness (QED) is 0.665. The van der Waals surface area contributed by atoms with Crippen LogP contribution in [0.5, 0.6) is 0 Å². The van der Waals surface area contributed by atoms with Crippen LogP contribution in [0.15, 0.2) is 47.5 Å². The Morgan fingerprint density at radius 1 is 1.08 bits per heavy atom. The van der Waals surface area contributed by atoms with Gasteiger partial charge in [0, 0.05) is 31.1 Å². The summed E-state index contributed by atoms with van der Waals surface area (Å²) in [5, 5.41) is 6.26. The number of halogens is 3. The summed E-state index contributed by atoms with van der Waals surface area (Å²) in [6.07, 6.45) is 0.648. The van der Waals surface area contributed by atoms with Crippen LogP contribution in [0.25, 0.3) is 0 Å². The van der Waals surface area contributed by atoms with Crippen molar-refractivity contribution in [2.24, 2.45) is 4.99 Å². The molecule has 1 aliphatic carbocycles. The Morgan fingerprint density at radius 2 is 1.75 bits per heavy atom. The molecule has 2 unspecified atom stereocenters. The molecule has 0 amide bonds. The summed E-state index contributed by atoms with van der Waals surface area (Å²) in [5.74, 6) is -0.967. The number of nitrogens with one attached hydrogen (secondary N) is 2. The Hall–Kier alpha value is -2.50. The summed E-state index contributed by atoms with van der Waals surface area (Å²) in [6, 6.07) is 10.0. The molecule has 1 aliphatic rings. The molecule has 126 valence electrons. The van der Waals surface area contributed by atoms with Gasteiger partial charge in [0.25, 0.3) is 0 Å². The number of hydrogen-bond acceptors (Lipinski definition) is 1. The zero-order chi connectivity index (χ0) is 17.1. The fraction of sp³-hybridized carbons (Fsp3) is 0.278. The van der Waals surface area contributed by atoms with Crippen molar-refractivity contribution in [1.82, 2.24) is 10.6 Å². The van der Waals surface area contributed by atoms with Gasteiger partial charge in [-0.1, -0.05) is 18.2 Å². The van der Waals surface area contributed by atoms with Crippen molar-refractivity contribution in [3.63, 3.8) is 0 Å². The molecule has 3 rings (SSSR count). The summed E-state index contributed by atoms with van der Waals surface area (Å²) in [5.41, 5.74) is 1.04. The van der Waals surface area contributed by atoms with Gasteiger partial charge in [-0.2, -0.15) is 0 Å². The zero-order valence-electron chi connectivity index (χ0n) is 13.2. The van der Waals surface area contributed by atoms with E-state index in [2.05, 4.69) is 15.6 Å². The van der Waals surface area contributed by atoms with Gasteiger partial charge < -0.3 is 10.6 Å². The Labute approximate surface area is 138 Å². The van der Waals surface area contributed by atoms with Gasteiger partial charge in [0.15, 0.2) is 5.96 Å². The van der Waals surface area contributed by atoms with E-state index in [4.69, 9.17) is 0 Å². The van der Waals surface area contributed by atoms with Crippen LogP contribution in [0.2, 0.25) is 0 Å². The van der Waals surface area contributed by atoms with Crippen molar-refractivity contribution in [1.29, 1.82) is 0 Å². The van der Waals surface area contributed by atoms with E-state index in [9.17, 15) is 13.2 Å². The number of aliphatic imine (C=N–C) groups is 1. The van der Waals surface area contributed by atoms with E-state index >= 15 is 0 Å². The van der Waals surface area contributed by atoms with Gasteiger partial charge in [-0.15, -0.1) is 0 Å². The molecule has 24 heavy (non-hydrogen) atoms. The lowest BCUT2D eigenvalue weighted by atomic mass is 10.1. The standard InChI is InChI=1S/C18H18F3N3/c1-22-18(23-10-11-5-7-12(19)8-6-11)24-16-9-13(16)17-14(20)3-2-4-15(17)21/h2-8,13,16H,9-10H2,1H3,(H2,22,23,24). The monoisotopic (exact) mass is 333 g/mol. The summed E-state index contributed by atoms with van der Waals surface area (Å²) < 4.78 is 40.5. The molecule has 2 aromatic rings. The summed E-state index contributed by atoms with van der Waals surface area (Å²) in [6.45, 7) is 0.478. The highest BCUT2D eigenvalue weighted by molar-refractivity contribution is 5.80. The van der Waals surface area contributed by atoms with Crippen LogP contribution in [0, 0.1) is 17.5 Å². The Morgan fingerprint density at radius 3 is 2.38 bits per heavy atom. The first-order chi connectivity index (χ1) is 11.6. The van der Waals surface area contributed by atoms with Gasteiger partial charge in [-0.25, -0.2) is 13.2 Å². The Balaban J connectivity index is 1.56. The third kappa shape index (κ3) is 3.69. The highest BCUT2D eigenvalue weighted by Gasteiger charge is 2.42. The minimum atomic E-state index is -0.515. The second-order valence-corrected chi connectivity index (χ2v) is 5.78. The molecule has 3 nitrogen and oxygen atoms in total. The van der Waals surface area contributed by atoms with Crippen LogP contribution >= 0.6 is 0 Å². The van der Waals surface area contributed by atoms with Crippen LogP contribution < -0.4 is 10.6 Å².